The molecule has 2 aliphatic carbocycles. The van der Waals surface area contributed by atoms with Gasteiger partial charge in [0.15, 0.2) is 0 Å². The molecule has 4 atom stereocenters. The smallest absolute Gasteiger partial charge is 0.0351 e. The number of anilines is 1. The van der Waals surface area contributed by atoms with E-state index in [4.69, 9.17) is 0 Å². The first-order chi connectivity index (χ1) is 9.42. The van der Waals surface area contributed by atoms with Crippen molar-refractivity contribution in [2.45, 2.75) is 65.3 Å². The highest BCUT2D eigenvalue weighted by atomic mass is 15.0. The Morgan fingerprint density at radius 2 is 1.50 bits per heavy atom. The summed E-state index contributed by atoms with van der Waals surface area (Å²) < 4.78 is 0. The Hall–Kier alpha value is -0.980. The van der Waals surface area contributed by atoms with Crippen LogP contribution in [0.4, 0.5) is 5.69 Å². The zero-order valence-corrected chi connectivity index (χ0v) is 13.5. The lowest BCUT2D eigenvalue weighted by molar-refractivity contribution is 0.102. The molecule has 1 N–H and O–H groups in total. The van der Waals surface area contributed by atoms with Crippen LogP contribution in [0.2, 0.25) is 0 Å². The molecular weight excluding hydrogens is 242 g/mol. The van der Waals surface area contributed by atoms with Crippen LogP contribution in [0.3, 0.4) is 0 Å². The molecule has 0 aliphatic heterocycles. The largest absolute Gasteiger partial charge is 0.380 e. The summed E-state index contributed by atoms with van der Waals surface area (Å²) in [4.78, 5) is 0. The average molecular weight is 271 g/mol. The quantitative estimate of drug-likeness (QED) is 0.767. The van der Waals surface area contributed by atoms with E-state index in [0.29, 0.717) is 5.54 Å². The molecule has 1 aromatic rings. The highest BCUT2D eigenvalue weighted by Crippen LogP contribution is 2.47. The summed E-state index contributed by atoms with van der Waals surface area (Å²) in [6.07, 6.45) is 7.07. The van der Waals surface area contributed by atoms with Crippen molar-refractivity contribution in [1.82, 2.24) is 0 Å². The molecule has 0 spiro atoms. The van der Waals surface area contributed by atoms with Gasteiger partial charge in [-0.15, -0.1) is 0 Å². The summed E-state index contributed by atoms with van der Waals surface area (Å²) in [7, 11) is 0. The van der Waals surface area contributed by atoms with Crippen molar-refractivity contribution in [3.63, 3.8) is 0 Å². The maximum atomic E-state index is 3.88. The SMILES string of the molecule is Cc1cc(C)cc(NC2(C)C[C@@H]3CC(C)C[C@@H](C3)C2)c1. The van der Waals surface area contributed by atoms with Gasteiger partial charge in [0.1, 0.15) is 0 Å². The second kappa shape index (κ2) is 5.09. The summed E-state index contributed by atoms with van der Waals surface area (Å²) in [6, 6.07) is 6.85. The monoisotopic (exact) mass is 271 g/mol. The van der Waals surface area contributed by atoms with Gasteiger partial charge in [0, 0.05) is 11.2 Å². The van der Waals surface area contributed by atoms with Crippen LogP contribution >= 0.6 is 0 Å². The first-order valence-electron chi connectivity index (χ1n) is 8.28. The molecule has 110 valence electrons. The van der Waals surface area contributed by atoms with E-state index < -0.39 is 0 Å². The number of nitrogens with one attached hydrogen (secondary N) is 1. The molecule has 2 bridgehead atoms. The van der Waals surface area contributed by atoms with Gasteiger partial charge in [0.05, 0.1) is 0 Å². The third-order valence-corrected chi connectivity index (χ3v) is 5.28. The second-order valence-corrected chi connectivity index (χ2v) is 8.01. The molecule has 3 rings (SSSR count). The second-order valence-electron chi connectivity index (χ2n) is 8.01. The topological polar surface area (TPSA) is 12.0 Å². The van der Waals surface area contributed by atoms with Gasteiger partial charge in [-0.1, -0.05) is 13.0 Å². The summed E-state index contributed by atoms with van der Waals surface area (Å²) in [5.41, 5.74) is 4.34. The number of fused-ring (bicyclic) bond motifs is 2. The number of hydrogen-bond donors (Lipinski definition) is 1. The third-order valence-electron chi connectivity index (χ3n) is 5.28. The molecule has 1 aromatic carbocycles. The Morgan fingerprint density at radius 3 is 2.05 bits per heavy atom. The van der Waals surface area contributed by atoms with Gasteiger partial charge in [-0.25, -0.2) is 0 Å². The van der Waals surface area contributed by atoms with Crippen molar-refractivity contribution in [1.29, 1.82) is 0 Å². The van der Waals surface area contributed by atoms with Crippen LogP contribution in [0.25, 0.3) is 0 Å². The fraction of sp³-hybridized carbons (Fsp3) is 0.684. The number of benzene rings is 1. The summed E-state index contributed by atoms with van der Waals surface area (Å²) in [5, 5.41) is 3.88. The Labute approximate surface area is 124 Å². The maximum absolute atomic E-state index is 3.88. The minimum atomic E-state index is 0.300. The van der Waals surface area contributed by atoms with E-state index >= 15 is 0 Å². The molecule has 0 radical (unpaired) electrons. The van der Waals surface area contributed by atoms with Crippen LogP contribution in [0.5, 0.6) is 0 Å². The Bertz CT molecular complexity index is 452. The van der Waals surface area contributed by atoms with Crippen LogP contribution in [-0.2, 0) is 0 Å². The normalized spacial score (nSPS) is 36.7. The molecule has 2 saturated carbocycles. The molecule has 2 unspecified atom stereocenters. The molecule has 1 nitrogen and oxygen atoms in total. The van der Waals surface area contributed by atoms with Crippen molar-refractivity contribution < 1.29 is 0 Å². The maximum Gasteiger partial charge on any atom is 0.0351 e. The van der Waals surface area contributed by atoms with Crippen molar-refractivity contribution in [2.75, 3.05) is 5.32 Å². The van der Waals surface area contributed by atoms with E-state index in [1.165, 1.54) is 48.9 Å². The van der Waals surface area contributed by atoms with Crippen molar-refractivity contribution in [2.24, 2.45) is 17.8 Å². The van der Waals surface area contributed by atoms with E-state index in [1.807, 2.05) is 0 Å². The molecule has 0 aromatic heterocycles. The van der Waals surface area contributed by atoms with Crippen LogP contribution in [0.15, 0.2) is 18.2 Å². The number of rotatable bonds is 2. The molecule has 0 amide bonds. The average Bonchev–Trinajstić information content (AvgIpc) is 2.23. The minimum absolute atomic E-state index is 0.300. The number of hydrogen-bond acceptors (Lipinski definition) is 1. The van der Waals surface area contributed by atoms with E-state index in [0.717, 1.165) is 17.8 Å². The van der Waals surface area contributed by atoms with E-state index in [1.54, 1.807) is 0 Å². The molecule has 20 heavy (non-hydrogen) atoms. The Morgan fingerprint density at radius 1 is 0.950 bits per heavy atom. The number of aryl methyl sites for hydroxylation is 2. The summed E-state index contributed by atoms with van der Waals surface area (Å²) >= 11 is 0. The molecule has 0 saturated heterocycles. The van der Waals surface area contributed by atoms with Gasteiger partial charge in [-0.3, -0.25) is 0 Å². The summed E-state index contributed by atoms with van der Waals surface area (Å²) in [6.45, 7) is 9.27. The molecule has 2 fully saturated rings. The lowest BCUT2D eigenvalue weighted by Crippen LogP contribution is -2.45. The molecular formula is C19H29N. The Balaban J connectivity index is 1.76. The van der Waals surface area contributed by atoms with Gasteiger partial charge < -0.3 is 5.32 Å². The lowest BCUT2D eigenvalue weighted by atomic mass is 9.62. The van der Waals surface area contributed by atoms with E-state index in [-0.39, 0.29) is 0 Å². The van der Waals surface area contributed by atoms with Crippen LogP contribution in [0, 0.1) is 31.6 Å². The van der Waals surface area contributed by atoms with E-state index in [9.17, 15) is 0 Å². The van der Waals surface area contributed by atoms with Crippen molar-refractivity contribution >= 4 is 5.69 Å². The minimum Gasteiger partial charge on any atom is -0.380 e. The predicted octanol–water partition coefficient (Wildman–Crippen LogP) is 5.32. The highest BCUT2D eigenvalue weighted by Gasteiger charge is 2.40. The standard InChI is InChI=1S/C19H29N/c1-13-5-14(2)9-18(8-13)20-19(4)11-16-6-15(3)7-17(10-16)12-19/h5,8-9,15-17,20H,6-7,10-12H2,1-4H3/t15?,16-,17+,19?. The van der Waals surface area contributed by atoms with Crippen LogP contribution in [0.1, 0.15) is 57.1 Å². The lowest BCUT2D eigenvalue weighted by Gasteiger charge is -2.48. The fourth-order valence-electron chi connectivity index (χ4n) is 5.09. The summed E-state index contributed by atoms with van der Waals surface area (Å²) in [5.74, 6) is 2.84. The Kier molecular flexibility index (Phi) is 3.56. The van der Waals surface area contributed by atoms with Crippen LogP contribution in [-0.4, -0.2) is 5.54 Å². The van der Waals surface area contributed by atoms with Gasteiger partial charge in [0.2, 0.25) is 0 Å². The zero-order valence-electron chi connectivity index (χ0n) is 13.5. The first kappa shape index (κ1) is 14.0. The van der Waals surface area contributed by atoms with Crippen molar-refractivity contribution in [3.05, 3.63) is 29.3 Å². The van der Waals surface area contributed by atoms with Crippen molar-refractivity contribution in [3.8, 4) is 0 Å². The first-order valence-corrected chi connectivity index (χ1v) is 8.28. The zero-order chi connectivity index (χ0) is 14.3. The highest BCUT2D eigenvalue weighted by molar-refractivity contribution is 5.50. The van der Waals surface area contributed by atoms with Gasteiger partial charge in [0.25, 0.3) is 0 Å². The molecule has 2 aliphatic rings. The predicted molar refractivity (Wildman–Crippen MR) is 87.2 cm³/mol. The van der Waals surface area contributed by atoms with Gasteiger partial charge in [-0.05, 0) is 93.9 Å². The van der Waals surface area contributed by atoms with Gasteiger partial charge >= 0.3 is 0 Å². The van der Waals surface area contributed by atoms with Crippen LogP contribution < -0.4 is 5.32 Å². The molecule has 0 heterocycles. The van der Waals surface area contributed by atoms with E-state index in [2.05, 4.69) is 51.2 Å². The fourth-order valence-corrected chi connectivity index (χ4v) is 5.09. The third kappa shape index (κ3) is 3.02. The van der Waals surface area contributed by atoms with Gasteiger partial charge in [-0.2, -0.15) is 0 Å². The molecule has 1 heteroatoms.